The van der Waals surface area contributed by atoms with Crippen LogP contribution in [0.4, 0.5) is 0 Å². The summed E-state index contributed by atoms with van der Waals surface area (Å²) in [7, 11) is 1.22. The highest BCUT2D eigenvalue weighted by atomic mass is 16.7. The van der Waals surface area contributed by atoms with Crippen LogP contribution in [0.25, 0.3) is 5.53 Å². The molecule has 0 unspecified atom stereocenters. The van der Waals surface area contributed by atoms with Gasteiger partial charge in [-0.25, -0.2) is 0 Å². The standard InChI is InChI=1S/C4H6N2O3/c1-3(7)9-4(6-5)8-2/h1-2H3. The number of hydrogen-bond acceptors (Lipinski definition) is 3. The first kappa shape index (κ1) is 7.65. The number of esters is 1. The second-order valence-electron chi connectivity index (χ2n) is 1.16. The van der Waals surface area contributed by atoms with E-state index in [2.05, 4.69) is 14.3 Å². The summed E-state index contributed by atoms with van der Waals surface area (Å²) in [5, 5.41) is 0. The predicted octanol–water partition coefficient (Wildman–Crippen LogP) is -0.218. The Kier molecular flexibility index (Phi) is 3.08. The van der Waals surface area contributed by atoms with Crippen LogP contribution in [0.15, 0.2) is 0 Å². The Bertz CT molecular complexity index is 159. The minimum absolute atomic E-state index is 0.456. The number of carbonyl (C=O) groups excluding carboxylic acids is 1. The van der Waals surface area contributed by atoms with E-state index in [0.29, 0.717) is 0 Å². The van der Waals surface area contributed by atoms with Crippen molar-refractivity contribution in [1.29, 1.82) is 0 Å². The Balaban J connectivity index is 3.87. The third kappa shape index (κ3) is 3.25. The van der Waals surface area contributed by atoms with E-state index < -0.39 is 12.1 Å². The molecule has 0 N–H and O–H groups in total. The Labute approximate surface area is 51.8 Å². The molecule has 9 heavy (non-hydrogen) atoms. The highest BCUT2D eigenvalue weighted by Crippen LogP contribution is 1.77. The second-order valence-corrected chi connectivity index (χ2v) is 1.16. The van der Waals surface area contributed by atoms with Crippen molar-refractivity contribution in [2.24, 2.45) is 0 Å². The van der Waals surface area contributed by atoms with Crippen LogP contribution >= 0.6 is 0 Å². The number of carbonyl (C=O) groups is 1. The largest absolute Gasteiger partial charge is 0.674 e. The molecule has 0 atom stereocenters. The Morgan fingerprint density at radius 2 is 2.22 bits per heavy atom. The molecule has 0 fully saturated rings. The molecular weight excluding hydrogens is 124 g/mol. The van der Waals surface area contributed by atoms with Crippen molar-refractivity contribution in [3.63, 3.8) is 0 Å². The summed E-state index contributed by atoms with van der Waals surface area (Å²) in [6.07, 6.45) is -0.456. The zero-order chi connectivity index (χ0) is 7.28. The molecule has 0 heterocycles. The number of methoxy groups -OCH3 is 1. The van der Waals surface area contributed by atoms with E-state index in [-0.39, 0.29) is 0 Å². The lowest BCUT2D eigenvalue weighted by Gasteiger charge is -1.89. The quantitative estimate of drug-likeness (QED) is 0.150. The number of hydrogen-bond donors (Lipinski definition) is 0. The van der Waals surface area contributed by atoms with Crippen LogP contribution in [-0.2, 0) is 14.3 Å². The summed E-state index contributed by atoms with van der Waals surface area (Å²) in [6.45, 7) is 1.17. The highest BCUT2D eigenvalue weighted by molar-refractivity contribution is 5.79. The molecule has 5 heteroatoms. The van der Waals surface area contributed by atoms with Crippen molar-refractivity contribution >= 4 is 12.1 Å². The SMILES string of the molecule is COC(=[N+]=[N-])OC(C)=O. The molecule has 0 bridgehead atoms. The maximum atomic E-state index is 10.1. The van der Waals surface area contributed by atoms with Crippen LogP contribution in [0, 0.1) is 0 Å². The van der Waals surface area contributed by atoms with Crippen molar-refractivity contribution in [2.75, 3.05) is 7.11 Å². The lowest BCUT2D eigenvalue weighted by molar-refractivity contribution is -0.144. The van der Waals surface area contributed by atoms with E-state index in [1.54, 1.807) is 0 Å². The van der Waals surface area contributed by atoms with Crippen molar-refractivity contribution in [1.82, 2.24) is 0 Å². The Morgan fingerprint density at radius 3 is 2.33 bits per heavy atom. The van der Waals surface area contributed by atoms with E-state index in [1.807, 2.05) is 0 Å². The molecule has 0 saturated carbocycles. The molecule has 0 aliphatic carbocycles. The zero-order valence-corrected chi connectivity index (χ0v) is 5.12. The van der Waals surface area contributed by atoms with Crippen LogP contribution in [0.5, 0.6) is 0 Å². The predicted molar refractivity (Wildman–Crippen MR) is 27.4 cm³/mol. The van der Waals surface area contributed by atoms with Gasteiger partial charge in [-0.05, 0) is 0 Å². The summed E-state index contributed by atoms with van der Waals surface area (Å²) in [4.78, 5) is 12.6. The van der Waals surface area contributed by atoms with Gasteiger partial charge in [0.1, 0.15) is 0 Å². The fraction of sp³-hybridized carbons (Fsp3) is 0.500. The lowest BCUT2D eigenvalue weighted by Crippen LogP contribution is -2.11. The van der Waals surface area contributed by atoms with E-state index >= 15 is 0 Å². The molecule has 0 aliphatic heterocycles. The third-order valence-corrected chi connectivity index (χ3v) is 0.487. The second kappa shape index (κ2) is 3.63. The number of nitrogens with zero attached hydrogens (tertiary/aromatic N) is 2. The highest BCUT2D eigenvalue weighted by Gasteiger charge is 2.10. The maximum absolute atomic E-state index is 10.1. The Hall–Kier alpha value is -1.35. The monoisotopic (exact) mass is 130 g/mol. The minimum atomic E-state index is -0.593. The molecule has 0 aromatic heterocycles. The van der Waals surface area contributed by atoms with E-state index in [9.17, 15) is 4.79 Å². The third-order valence-electron chi connectivity index (χ3n) is 0.487. The first-order chi connectivity index (χ1) is 4.20. The Morgan fingerprint density at radius 1 is 1.67 bits per heavy atom. The molecule has 0 radical (unpaired) electrons. The normalized spacial score (nSPS) is 7.33. The first-order valence-electron chi connectivity index (χ1n) is 2.15. The van der Waals surface area contributed by atoms with Crippen molar-refractivity contribution in [3.05, 3.63) is 5.53 Å². The average molecular weight is 130 g/mol. The molecule has 0 amide bonds. The van der Waals surface area contributed by atoms with Crippen LogP contribution in [0.1, 0.15) is 6.92 Å². The van der Waals surface area contributed by atoms with Gasteiger partial charge in [-0.15, -0.1) is 0 Å². The molecule has 0 saturated heterocycles. The summed E-state index contributed by atoms with van der Waals surface area (Å²) in [5.74, 6) is -0.593. The van der Waals surface area contributed by atoms with Gasteiger partial charge in [0.15, 0.2) is 0 Å². The van der Waals surface area contributed by atoms with E-state index in [1.165, 1.54) is 14.0 Å². The molecule has 0 spiro atoms. The number of rotatable bonds is 0. The smallest absolute Gasteiger partial charge is 0.405 e. The van der Waals surface area contributed by atoms with Gasteiger partial charge in [-0.2, -0.15) is 0 Å². The fourth-order valence-electron chi connectivity index (χ4n) is 0.226. The van der Waals surface area contributed by atoms with Crippen LogP contribution in [0.3, 0.4) is 0 Å². The topological polar surface area (TPSA) is 71.9 Å². The average Bonchev–Trinajstić information content (AvgIpc) is 1.82. The lowest BCUT2D eigenvalue weighted by atomic mass is 10.8. The van der Waals surface area contributed by atoms with Gasteiger partial charge in [0, 0.05) is 6.92 Å². The molecular formula is C4H6N2O3. The van der Waals surface area contributed by atoms with Gasteiger partial charge >= 0.3 is 12.1 Å². The van der Waals surface area contributed by atoms with Crippen LogP contribution < -0.4 is 0 Å². The van der Waals surface area contributed by atoms with E-state index in [0.717, 1.165) is 0 Å². The first-order valence-corrected chi connectivity index (χ1v) is 2.15. The van der Waals surface area contributed by atoms with Crippen LogP contribution in [-0.4, -0.2) is 24.0 Å². The molecule has 0 rings (SSSR count). The summed E-state index contributed by atoms with van der Waals surface area (Å²) in [6, 6.07) is 0. The van der Waals surface area contributed by atoms with Crippen molar-refractivity contribution in [2.45, 2.75) is 6.92 Å². The van der Waals surface area contributed by atoms with Gasteiger partial charge in [0.2, 0.25) is 0 Å². The summed E-state index contributed by atoms with van der Waals surface area (Å²) < 4.78 is 8.45. The van der Waals surface area contributed by atoms with Gasteiger partial charge in [0.05, 0.1) is 7.11 Å². The molecule has 0 aromatic rings. The molecule has 5 nitrogen and oxygen atoms in total. The van der Waals surface area contributed by atoms with Gasteiger partial charge in [0.25, 0.3) is 0 Å². The van der Waals surface area contributed by atoms with Crippen LogP contribution in [0.2, 0.25) is 0 Å². The zero-order valence-electron chi connectivity index (χ0n) is 5.12. The molecule has 50 valence electrons. The fourth-order valence-corrected chi connectivity index (χ4v) is 0.226. The summed E-state index contributed by atoms with van der Waals surface area (Å²) >= 11 is 0. The van der Waals surface area contributed by atoms with Gasteiger partial charge in [-0.3, -0.25) is 4.79 Å². The van der Waals surface area contributed by atoms with Gasteiger partial charge < -0.3 is 15.0 Å². The van der Waals surface area contributed by atoms with E-state index in [4.69, 9.17) is 5.53 Å². The maximum Gasteiger partial charge on any atom is 0.674 e. The molecule has 0 aromatic carbocycles. The molecule has 0 aliphatic rings. The van der Waals surface area contributed by atoms with Crippen molar-refractivity contribution < 1.29 is 19.1 Å². The van der Waals surface area contributed by atoms with Crippen molar-refractivity contribution in [3.8, 4) is 0 Å². The van der Waals surface area contributed by atoms with Gasteiger partial charge in [-0.1, -0.05) is 4.79 Å². The summed E-state index contributed by atoms with van der Waals surface area (Å²) in [5.41, 5.74) is 7.96. The number of ether oxygens (including phenoxy) is 2. The minimum Gasteiger partial charge on any atom is -0.405 e.